The zero-order chi connectivity index (χ0) is 12.0. The van der Waals surface area contributed by atoms with Gasteiger partial charge in [0.2, 0.25) is 0 Å². The van der Waals surface area contributed by atoms with Crippen molar-refractivity contribution in [3.8, 4) is 0 Å². The van der Waals surface area contributed by atoms with Crippen LogP contribution in [0, 0.1) is 5.82 Å². The van der Waals surface area contributed by atoms with Crippen LogP contribution in [0.4, 0.5) is 4.39 Å². The van der Waals surface area contributed by atoms with Crippen molar-refractivity contribution in [3.63, 3.8) is 0 Å². The van der Waals surface area contributed by atoms with E-state index in [-0.39, 0.29) is 5.91 Å². The molecule has 0 aromatic heterocycles. The minimum Gasteiger partial charge on any atom is -0.404 e. The molecule has 0 aliphatic carbocycles. The number of nitrogens with one attached hydrogen (secondary N) is 1. The molecule has 0 saturated heterocycles. The van der Waals surface area contributed by atoms with Gasteiger partial charge in [-0.1, -0.05) is 6.07 Å². The van der Waals surface area contributed by atoms with Crippen molar-refractivity contribution < 1.29 is 9.18 Å². The van der Waals surface area contributed by atoms with Crippen molar-refractivity contribution in [2.24, 2.45) is 5.73 Å². The molecular weight excluding hydrogens is 227 g/mol. The number of thiol groups is 1. The van der Waals surface area contributed by atoms with Gasteiger partial charge in [-0.25, -0.2) is 4.39 Å². The van der Waals surface area contributed by atoms with Crippen LogP contribution in [0.15, 0.2) is 35.4 Å². The number of rotatable bonds is 4. The van der Waals surface area contributed by atoms with Crippen LogP contribution in [0.5, 0.6) is 0 Å². The summed E-state index contributed by atoms with van der Waals surface area (Å²) in [5, 5.41) is 2.64. The Morgan fingerprint density at radius 3 is 2.94 bits per heavy atom. The van der Waals surface area contributed by atoms with E-state index in [2.05, 4.69) is 17.9 Å². The second-order valence-electron chi connectivity index (χ2n) is 3.17. The van der Waals surface area contributed by atoms with Gasteiger partial charge in [0, 0.05) is 18.3 Å². The smallest absolute Gasteiger partial charge is 0.251 e. The molecule has 0 saturated carbocycles. The molecule has 1 aromatic rings. The van der Waals surface area contributed by atoms with Crippen LogP contribution in [0.3, 0.4) is 0 Å². The minimum absolute atomic E-state index is 0.303. The first-order valence-corrected chi connectivity index (χ1v) is 5.21. The normalized spacial score (nSPS) is 11.2. The van der Waals surface area contributed by atoms with E-state index in [1.807, 2.05) is 0 Å². The van der Waals surface area contributed by atoms with Crippen molar-refractivity contribution in [2.75, 3.05) is 6.54 Å². The monoisotopic (exact) mass is 240 g/mol. The Hall–Kier alpha value is -1.49. The second kappa shape index (κ2) is 6.17. The minimum atomic E-state index is -0.426. The summed E-state index contributed by atoms with van der Waals surface area (Å²) in [6.07, 6.45) is 1.93. The number of carbonyl (C=O) groups is 1. The van der Waals surface area contributed by atoms with Crippen LogP contribution in [0.25, 0.3) is 0 Å². The molecule has 0 radical (unpaired) electrons. The Labute approximate surface area is 98.9 Å². The fourth-order valence-corrected chi connectivity index (χ4v) is 1.23. The van der Waals surface area contributed by atoms with Crippen LogP contribution < -0.4 is 11.1 Å². The van der Waals surface area contributed by atoms with Crippen LogP contribution >= 0.6 is 12.6 Å². The van der Waals surface area contributed by atoms with Gasteiger partial charge in [-0.3, -0.25) is 4.79 Å². The molecule has 5 heteroatoms. The van der Waals surface area contributed by atoms with E-state index < -0.39 is 5.82 Å². The summed E-state index contributed by atoms with van der Waals surface area (Å²) < 4.78 is 12.8. The Bertz CT molecular complexity index is 407. The topological polar surface area (TPSA) is 55.1 Å². The first kappa shape index (κ1) is 12.6. The summed E-state index contributed by atoms with van der Waals surface area (Å²) in [5.74, 6) is -0.734. The lowest BCUT2D eigenvalue weighted by Crippen LogP contribution is -2.24. The Kier molecular flexibility index (Phi) is 4.85. The van der Waals surface area contributed by atoms with E-state index >= 15 is 0 Å². The van der Waals surface area contributed by atoms with Crippen molar-refractivity contribution in [1.29, 1.82) is 0 Å². The molecule has 0 aliphatic rings. The molecule has 3 nitrogen and oxygen atoms in total. The highest BCUT2D eigenvalue weighted by molar-refractivity contribution is 7.84. The summed E-state index contributed by atoms with van der Waals surface area (Å²) >= 11 is 4.06. The van der Waals surface area contributed by atoms with Gasteiger partial charge >= 0.3 is 0 Å². The first-order valence-electron chi connectivity index (χ1n) is 4.77. The summed E-state index contributed by atoms with van der Waals surface area (Å²) in [6, 6.07) is 5.53. The molecule has 0 atom stereocenters. The van der Waals surface area contributed by atoms with E-state index in [1.165, 1.54) is 24.4 Å². The van der Waals surface area contributed by atoms with Crippen LogP contribution in [0.1, 0.15) is 16.8 Å². The third kappa shape index (κ3) is 3.94. The van der Waals surface area contributed by atoms with Crippen molar-refractivity contribution in [2.45, 2.75) is 6.42 Å². The van der Waals surface area contributed by atoms with Gasteiger partial charge in [-0.05, 0) is 29.5 Å². The van der Waals surface area contributed by atoms with Gasteiger partial charge in [-0.2, -0.15) is 0 Å². The van der Waals surface area contributed by atoms with Gasteiger partial charge in [-0.15, -0.1) is 12.6 Å². The van der Waals surface area contributed by atoms with Crippen LogP contribution in [0.2, 0.25) is 0 Å². The number of amides is 1. The molecule has 0 unspecified atom stereocenters. The highest BCUT2D eigenvalue weighted by atomic mass is 32.1. The van der Waals surface area contributed by atoms with Gasteiger partial charge in [0.1, 0.15) is 5.82 Å². The predicted molar refractivity (Wildman–Crippen MR) is 64.6 cm³/mol. The number of halogens is 1. The SMILES string of the molecule is N/C=C(\S)CCNC(=O)c1cccc(F)c1. The van der Waals surface area contributed by atoms with E-state index in [1.54, 1.807) is 6.07 Å². The number of carbonyl (C=O) groups excluding carboxylic acids is 1. The molecule has 0 aliphatic heterocycles. The largest absolute Gasteiger partial charge is 0.404 e. The van der Waals surface area contributed by atoms with Gasteiger partial charge in [0.25, 0.3) is 5.91 Å². The summed E-state index contributed by atoms with van der Waals surface area (Å²) in [7, 11) is 0. The summed E-state index contributed by atoms with van der Waals surface area (Å²) in [5.41, 5.74) is 5.52. The predicted octanol–water partition coefficient (Wildman–Crippen LogP) is 1.68. The maximum Gasteiger partial charge on any atom is 0.251 e. The average molecular weight is 240 g/mol. The van der Waals surface area contributed by atoms with E-state index in [9.17, 15) is 9.18 Å². The second-order valence-corrected chi connectivity index (χ2v) is 3.75. The molecule has 0 fully saturated rings. The van der Waals surface area contributed by atoms with Crippen molar-refractivity contribution >= 4 is 18.5 Å². The molecule has 1 rings (SSSR count). The first-order chi connectivity index (χ1) is 7.63. The third-order valence-corrected chi connectivity index (χ3v) is 2.32. The fourth-order valence-electron chi connectivity index (χ4n) is 1.12. The zero-order valence-electron chi connectivity index (χ0n) is 8.61. The highest BCUT2D eigenvalue weighted by Gasteiger charge is 2.05. The molecule has 0 heterocycles. The molecule has 1 amide bonds. The number of hydrogen-bond acceptors (Lipinski definition) is 3. The fraction of sp³-hybridized carbons (Fsp3) is 0.182. The molecule has 1 aromatic carbocycles. The number of nitrogens with two attached hydrogens (primary N) is 1. The molecule has 86 valence electrons. The van der Waals surface area contributed by atoms with E-state index in [0.717, 1.165) is 0 Å². The number of hydrogen-bond donors (Lipinski definition) is 3. The van der Waals surface area contributed by atoms with E-state index in [4.69, 9.17) is 5.73 Å². The van der Waals surface area contributed by atoms with Crippen molar-refractivity contribution in [1.82, 2.24) is 5.32 Å². The lowest BCUT2D eigenvalue weighted by molar-refractivity contribution is 0.0954. The molecule has 3 N–H and O–H groups in total. The molecule has 0 spiro atoms. The van der Waals surface area contributed by atoms with Crippen molar-refractivity contribution in [3.05, 3.63) is 46.8 Å². The van der Waals surface area contributed by atoms with Gasteiger partial charge in [0.05, 0.1) is 0 Å². The maximum absolute atomic E-state index is 12.8. The highest BCUT2D eigenvalue weighted by Crippen LogP contribution is 2.05. The van der Waals surface area contributed by atoms with Crippen LogP contribution in [-0.4, -0.2) is 12.5 Å². The quantitative estimate of drug-likeness (QED) is 0.701. The Morgan fingerprint density at radius 2 is 2.31 bits per heavy atom. The lowest BCUT2D eigenvalue weighted by atomic mass is 10.2. The number of benzene rings is 1. The van der Waals surface area contributed by atoms with Gasteiger partial charge in [0.15, 0.2) is 0 Å². The van der Waals surface area contributed by atoms with Crippen LogP contribution in [-0.2, 0) is 0 Å². The molecule has 16 heavy (non-hydrogen) atoms. The lowest BCUT2D eigenvalue weighted by Gasteiger charge is -2.04. The van der Waals surface area contributed by atoms with E-state index in [0.29, 0.717) is 23.4 Å². The Morgan fingerprint density at radius 1 is 1.56 bits per heavy atom. The average Bonchev–Trinajstić information content (AvgIpc) is 2.28. The standard InChI is InChI=1S/C11H13FN2OS/c12-9-3-1-2-8(6-9)11(15)14-5-4-10(16)7-13/h1-3,6-7,16H,4-5,13H2,(H,14,15)/b10-7-. The third-order valence-electron chi connectivity index (χ3n) is 1.95. The maximum atomic E-state index is 12.8. The molecule has 0 bridgehead atoms. The zero-order valence-corrected chi connectivity index (χ0v) is 9.51. The summed E-state index contributed by atoms with van der Waals surface area (Å²) in [4.78, 5) is 12.2. The Balaban J connectivity index is 2.47. The molecular formula is C11H13FN2OS. The summed E-state index contributed by atoms with van der Waals surface area (Å²) in [6.45, 7) is 0.419. The van der Waals surface area contributed by atoms with Gasteiger partial charge < -0.3 is 11.1 Å².